The molecule has 3 nitrogen and oxygen atoms in total. The Morgan fingerprint density at radius 1 is 1.58 bits per heavy atom. The van der Waals surface area contributed by atoms with E-state index in [2.05, 4.69) is 9.98 Å². The largest absolute Gasteiger partial charge is 0.397 e. The van der Waals surface area contributed by atoms with E-state index < -0.39 is 0 Å². The first-order valence-corrected chi connectivity index (χ1v) is 3.69. The number of aliphatic imine (C=N–C) groups is 1. The summed E-state index contributed by atoms with van der Waals surface area (Å²) in [5.41, 5.74) is 6.97. The van der Waals surface area contributed by atoms with Crippen molar-refractivity contribution in [1.82, 2.24) is 4.98 Å². The SMILES string of the molecule is C/C=C\C=Nc1cnccc1N. The van der Waals surface area contributed by atoms with Crippen LogP contribution in [0.5, 0.6) is 0 Å². The van der Waals surface area contributed by atoms with Crippen molar-refractivity contribution in [2.24, 2.45) is 4.99 Å². The molecule has 1 aromatic heterocycles. The molecular formula is C9H11N3. The molecule has 2 N–H and O–H groups in total. The Hall–Kier alpha value is -1.64. The maximum atomic E-state index is 5.62. The third-order valence-corrected chi connectivity index (χ3v) is 1.32. The Labute approximate surface area is 71.7 Å². The van der Waals surface area contributed by atoms with Gasteiger partial charge >= 0.3 is 0 Å². The number of allylic oxidation sites excluding steroid dienone is 2. The second-order valence-corrected chi connectivity index (χ2v) is 2.24. The molecule has 0 atom stereocenters. The van der Waals surface area contributed by atoms with E-state index in [9.17, 15) is 0 Å². The summed E-state index contributed by atoms with van der Waals surface area (Å²) >= 11 is 0. The van der Waals surface area contributed by atoms with Gasteiger partial charge in [0.2, 0.25) is 0 Å². The number of nitrogens with zero attached hydrogens (tertiary/aromatic N) is 2. The normalized spacial score (nSPS) is 11.4. The van der Waals surface area contributed by atoms with Crippen LogP contribution in [0.1, 0.15) is 6.92 Å². The highest BCUT2D eigenvalue weighted by molar-refractivity contribution is 5.77. The maximum Gasteiger partial charge on any atom is 0.104 e. The highest BCUT2D eigenvalue weighted by atomic mass is 14.8. The Morgan fingerprint density at radius 2 is 2.42 bits per heavy atom. The van der Waals surface area contributed by atoms with Crippen LogP contribution in [0, 0.1) is 0 Å². The van der Waals surface area contributed by atoms with Crippen molar-refractivity contribution in [2.75, 3.05) is 5.73 Å². The summed E-state index contributed by atoms with van der Waals surface area (Å²) in [5.74, 6) is 0. The third-order valence-electron chi connectivity index (χ3n) is 1.32. The van der Waals surface area contributed by atoms with Crippen LogP contribution in [-0.2, 0) is 0 Å². The standard InChI is InChI=1S/C9H11N3/c1-2-3-5-12-9-7-11-6-4-8(9)10/h2-7H,1H3,(H2,10,11)/b3-2-,12-5?. The molecule has 1 aromatic rings. The molecule has 0 fully saturated rings. The summed E-state index contributed by atoms with van der Waals surface area (Å²) in [6.07, 6.45) is 8.70. The van der Waals surface area contributed by atoms with Crippen molar-refractivity contribution in [3.63, 3.8) is 0 Å². The van der Waals surface area contributed by atoms with Crippen LogP contribution in [0.15, 0.2) is 35.6 Å². The molecule has 1 heterocycles. The highest BCUT2D eigenvalue weighted by Gasteiger charge is 1.91. The highest BCUT2D eigenvalue weighted by Crippen LogP contribution is 2.17. The first-order chi connectivity index (χ1) is 5.84. The van der Waals surface area contributed by atoms with E-state index >= 15 is 0 Å². The number of hydrogen-bond donors (Lipinski definition) is 1. The summed E-state index contributed by atoms with van der Waals surface area (Å²) in [6, 6.07) is 1.72. The Morgan fingerprint density at radius 3 is 3.08 bits per heavy atom. The summed E-state index contributed by atoms with van der Waals surface area (Å²) in [7, 11) is 0. The molecule has 0 saturated heterocycles. The third kappa shape index (κ3) is 2.20. The molecule has 0 aliphatic carbocycles. The fraction of sp³-hybridized carbons (Fsp3) is 0.111. The van der Waals surface area contributed by atoms with Crippen LogP contribution < -0.4 is 5.73 Å². The Balaban J connectivity index is 2.82. The van der Waals surface area contributed by atoms with Gasteiger partial charge in [0, 0.05) is 12.4 Å². The predicted octanol–water partition coefficient (Wildman–Crippen LogP) is 1.94. The smallest absolute Gasteiger partial charge is 0.104 e. The lowest BCUT2D eigenvalue weighted by Crippen LogP contribution is -1.85. The van der Waals surface area contributed by atoms with Crippen molar-refractivity contribution < 1.29 is 0 Å². The quantitative estimate of drug-likeness (QED) is 0.674. The van der Waals surface area contributed by atoms with E-state index in [1.165, 1.54) is 0 Å². The van der Waals surface area contributed by atoms with Crippen molar-refractivity contribution >= 4 is 17.6 Å². The average molecular weight is 161 g/mol. The minimum absolute atomic E-state index is 0.644. The molecule has 62 valence electrons. The maximum absolute atomic E-state index is 5.62. The molecule has 0 aliphatic rings. The zero-order chi connectivity index (χ0) is 8.81. The molecule has 3 heteroatoms. The fourth-order valence-electron chi connectivity index (χ4n) is 0.714. The van der Waals surface area contributed by atoms with Crippen LogP contribution in [0.2, 0.25) is 0 Å². The lowest BCUT2D eigenvalue weighted by molar-refractivity contribution is 1.31. The van der Waals surface area contributed by atoms with Crippen LogP contribution in [0.4, 0.5) is 11.4 Å². The zero-order valence-corrected chi connectivity index (χ0v) is 6.94. The van der Waals surface area contributed by atoms with Gasteiger partial charge < -0.3 is 5.73 Å². The van der Waals surface area contributed by atoms with Gasteiger partial charge in [-0.15, -0.1) is 0 Å². The number of pyridine rings is 1. The molecule has 0 saturated carbocycles. The first kappa shape index (κ1) is 8.46. The van der Waals surface area contributed by atoms with Gasteiger partial charge in [-0.2, -0.15) is 0 Å². The predicted molar refractivity (Wildman–Crippen MR) is 51.6 cm³/mol. The Kier molecular flexibility index (Phi) is 3.02. The van der Waals surface area contributed by atoms with Gasteiger partial charge in [-0.05, 0) is 19.1 Å². The van der Waals surface area contributed by atoms with Gasteiger partial charge in [0.15, 0.2) is 0 Å². The molecule has 0 spiro atoms. The Bertz CT molecular complexity index is 302. The summed E-state index contributed by atoms with van der Waals surface area (Å²) in [6.45, 7) is 1.93. The number of nitrogens with two attached hydrogens (primary N) is 1. The number of nitrogen functional groups attached to an aromatic ring is 1. The van der Waals surface area contributed by atoms with E-state index in [0.717, 1.165) is 0 Å². The topological polar surface area (TPSA) is 51.3 Å². The van der Waals surface area contributed by atoms with Crippen LogP contribution in [0.3, 0.4) is 0 Å². The minimum Gasteiger partial charge on any atom is -0.397 e. The van der Waals surface area contributed by atoms with E-state index in [0.29, 0.717) is 11.4 Å². The van der Waals surface area contributed by atoms with E-state index in [-0.39, 0.29) is 0 Å². The lowest BCUT2D eigenvalue weighted by atomic mass is 10.3. The van der Waals surface area contributed by atoms with Gasteiger partial charge in [0.1, 0.15) is 5.69 Å². The van der Waals surface area contributed by atoms with Crippen molar-refractivity contribution in [3.05, 3.63) is 30.6 Å². The van der Waals surface area contributed by atoms with Gasteiger partial charge in [-0.1, -0.05) is 6.08 Å². The molecule has 1 rings (SSSR count). The summed E-state index contributed by atoms with van der Waals surface area (Å²) in [4.78, 5) is 8.00. The van der Waals surface area contributed by atoms with Crippen LogP contribution >= 0.6 is 0 Å². The minimum atomic E-state index is 0.644. The number of rotatable bonds is 2. The lowest BCUT2D eigenvalue weighted by Gasteiger charge is -1.95. The number of anilines is 1. The van der Waals surface area contributed by atoms with Crippen molar-refractivity contribution in [1.29, 1.82) is 0 Å². The number of hydrogen-bond acceptors (Lipinski definition) is 3. The van der Waals surface area contributed by atoms with Gasteiger partial charge in [-0.25, -0.2) is 0 Å². The van der Waals surface area contributed by atoms with Crippen molar-refractivity contribution in [3.8, 4) is 0 Å². The molecule has 0 unspecified atom stereocenters. The van der Waals surface area contributed by atoms with Crippen molar-refractivity contribution in [2.45, 2.75) is 6.92 Å². The average Bonchev–Trinajstić information content (AvgIpc) is 2.09. The molecule has 0 aromatic carbocycles. The molecular weight excluding hydrogens is 150 g/mol. The van der Waals surface area contributed by atoms with E-state index in [1.54, 1.807) is 24.7 Å². The van der Waals surface area contributed by atoms with Gasteiger partial charge in [-0.3, -0.25) is 9.98 Å². The molecule has 0 radical (unpaired) electrons. The van der Waals surface area contributed by atoms with Crippen LogP contribution in [0.25, 0.3) is 0 Å². The monoisotopic (exact) mass is 161 g/mol. The molecule has 0 amide bonds. The van der Waals surface area contributed by atoms with Crippen LogP contribution in [-0.4, -0.2) is 11.2 Å². The van der Waals surface area contributed by atoms with Gasteiger partial charge in [0.05, 0.1) is 11.9 Å². The second kappa shape index (κ2) is 4.28. The summed E-state index contributed by atoms with van der Waals surface area (Å²) < 4.78 is 0. The summed E-state index contributed by atoms with van der Waals surface area (Å²) in [5, 5.41) is 0. The first-order valence-electron chi connectivity index (χ1n) is 3.69. The molecule has 0 bridgehead atoms. The second-order valence-electron chi connectivity index (χ2n) is 2.24. The zero-order valence-electron chi connectivity index (χ0n) is 6.94. The van der Waals surface area contributed by atoms with E-state index in [1.807, 2.05) is 19.1 Å². The van der Waals surface area contributed by atoms with Gasteiger partial charge in [0.25, 0.3) is 0 Å². The molecule has 0 aliphatic heterocycles. The number of aromatic nitrogens is 1. The molecule has 12 heavy (non-hydrogen) atoms. The van der Waals surface area contributed by atoms with E-state index in [4.69, 9.17) is 5.73 Å². The fourth-order valence-corrected chi connectivity index (χ4v) is 0.714.